The minimum atomic E-state index is -0.452. The van der Waals surface area contributed by atoms with Crippen molar-refractivity contribution in [1.82, 2.24) is 4.98 Å². The van der Waals surface area contributed by atoms with Gasteiger partial charge in [0.1, 0.15) is 15.7 Å². The summed E-state index contributed by atoms with van der Waals surface area (Å²) >= 11 is 8.25. The Morgan fingerprint density at radius 3 is 2.75 bits per heavy atom. The van der Waals surface area contributed by atoms with Gasteiger partial charge in [-0.3, -0.25) is 4.98 Å². The predicted molar refractivity (Wildman–Crippen MR) is 83.7 cm³/mol. The van der Waals surface area contributed by atoms with E-state index in [-0.39, 0.29) is 0 Å². The number of benzene rings is 1. The molecule has 20 heavy (non-hydrogen) atoms. The first-order valence-corrected chi connectivity index (χ1v) is 7.46. The van der Waals surface area contributed by atoms with E-state index in [4.69, 9.17) is 21.1 Å². The summed E-state index contributed by atoms with van der Waals surface area (Å²) < 4.78 is 10.2. The van der Waals surface area contributed by atoms with Gasteiger partial charge in [-0.25, -0.2) is 0 Å². The Labute approximate surface area is 126 Å². The van der Waals surface area contributed by atoms with E-state index < -0.39 is 4.21 Å². The van der Waals surface area contributed by atoms with E-state index in [0.29, 0.717) is 0 Å². The second-order valence-electron chi connectivity index (χ2n) is 4.54. The molecule has 0 spiro atoms. The summed E-state index contributed by atoms with van der Waals surface area (Å²) in [6, 6.07) is 5.80. The fourth-order valence-corrected chi connectivity index (χ4v) is 3.45. The SMILES string of the molecule is COc1cc(OC)c2cc(C3(Cl)CC=CS3)cnc2c1. The van der Waals surface area contributed by atoms with Crippen LogP contribution in [0, 0.1) is 0 Å². The Kier molecular flexibility index (Phi) is 3.52. The van der Waals surface area contributed by atoms with Crippen LogP contribution in [-0.2, 0) is 4.21 Å². The van der Waals surface area contributed by atoms with E-state index in [2.05, 4.69) is 11.1 Å². The van der Waals surface area contributed by atoms with Gasteiger partial charge in [-0.2, -0.15) is 0 Å². The highest BCUT2D eigenvalue weighted by Gasteiger charge is 2.32. The second kappa shape index (κ2) is 5.19. The Hall–Kier alpha value is -1.39. The highest BCUT2D eigenvalue weighted by Crippen LogP contribution is 2.49. The molecule has 1 aliphatic heterocycles. The largest absolute Gasteiger partial charge is 0.497 e. The highest BCUT2D eigenvalue weighted by molar-refractivity contribution is 8.04. The van der Waals surface area contributed by atoms with Gasteiger partial charge in [0.25, 0.3) is 0 Å². The van der Waals surface area contributed by atoms with E-state index in [9.17, 15) is 0 Å². The van der Waals surface area contributed by atoms with Crippen LogP contribution >= 0.6 is 23.4 Å². The number of ether oxygens (including phenoxy) is 2. The van der Waals surface area contributed by atoms with Crippen molar-refractivity contribution >= 4 is 34.3 Å². The molecule has 5 heteroatoms. The van der Waals surface area contributed by atoms with Gasteiger partial charge in [-0.15, -0.1) is 23.4 Å². The lowest BCUT2D eigenvalue weighted by Gasteiger charge is -2.20. The molecule has 2 aromatic rings. The third-order valence-electron chi connectivity index (χ3n) is 3.35. The normalized spacial score (nSPS) is 21.4. The van der Waals surface area contributed by atoms with Crippen molar-refractivity contribution in [2.45, 2.75) is 10.6 Å². The van der Waals surface area contributed by atoms with Crippen molar-refractivity contribution in [3.8, 4) is 11.5 Å². The van der Waals surface area contributed by atoms with Gasteiger partial charge in [0.05, 0.1) is 19.7 Å². The summed E-state index contributed by atoms with van der Waals surface area (Å²) in [6.45, 7) is 0. The standard InChI is InChI=1S/C15H14ClNO2S/c1-18-11-7-13-12(14(8-11)19-2)6-10(9-17-13)15(16)4-3-5-20-15/h3,5-9H,4H2,1-2H3. The lowest BCUT2D eigenvalue weighted by atomic mass is 10.1. The summed E-state index contributed by atoms with van der Waals surface area (Å²) in [4.78, 5) is 4.50. The second-order valence-corrected chi connectivity index (χ2v) is 6.62. The van der Waals surface area contributed by atoms with Crippen molar-refractivity contribution in [3.05, 3.63) is 41.4 Å². The van der Waals surface area contributed by atoms with Gasteiger partial charge < -0.3 is 9.47 Å². The van der Waals surface area contributed by atoms with Crippen molar-refractivity contribution in [2.75, 3.05) is 14.2 Å². The van der Waals surface area contributed by atoms with Crippen molar-refractivity contribution < 1.29 is 9.47 Å². The Morgan fingerprint density at radius 2 is 2.10 bits per heavy atom. The molecule has 0 aliphatic carbocycles. The molecule has 104 valence electrons. The molecule has 0 fully saturated rings. The number of aromatic nitrogens is 1. The van der Waals surface area contributed by atoms with E-state index in [1.165, 1.54) is 0 Å². The van der Waals surface area contributed by atoms with E-state index in [1.54, 1.807) is 26.0 Å². The number of rotatable bonds is 3. The average molecular weight is 308 g/mol. The first kappa shape index (κ1) is 13.6. The molecule has 2 heterocycles. The van der Waals surface area contributed by atoms with Gasteiger partial charge in [-0.1, -0.05) is 6.08 Å². The zero-order valence-electron chi connectivity index (χ0n) is 11.2. The maximum Gasteiger partial charge on any atom is 0.131 e. The number of hydrogen-bond donors (Lipinski definition) is 0. The average Bonchev–Trinajstić information content (AvgIpc) is 2.93. The number of fused-ring (bicyclic) bond motifs is 1. The number of methoxy groups -OCH3 is 2. The molecule has 1 atom stereocenters. The van der Waals surface area contributed by atoms with Crippen LogP contribution in [0.1, 0.15) is 12.0 Å². The summed E-state index contributed by atoms with van der Waals surface area (Å²) in [5.41, 5.74) is 1.83. The monoisotopic (exact) mass is 307 g/mol. The molecule has 0 amide bonds. The first-order chi connectivity index (χ1) is 9.66. The third kappa shape index (κ3) is 2.23. The van der Waals surface area contributed by atoms with Gasteiger partial charge >= 0.3 is 0 Å². The van der Waals surface area contributed by atoms with Gasteiger partial charge in [-0.05, 0) is 17.9 Å². The predicted octanol–water partition coefficient (Wildman–Crippen LogP) is 4.29. The Morgan fingerprint density at radius 1 is 1.25 bits per heavy atom. The zero-order valence-corrected chi connectivity index (χ0v) is 12.8. The first-order valence-electron chi connectivity index (χ1n) is 6.20. The molecular formula is C15H14ClNO2S. The van der Waals surface area contributed by atoms with Crippen molar-refractivity contribution in [1.29, 1.82) is 0 Å². The maximum atomic E-state index is 6.65. The van der Waals surface area contributed by atoms with E-state index in [0.717, 1.165) is 34.4 Å². The molecule has 0 saturated carbocycles. The van der Waals surface area contributed by atoms with Crippen molar-refractivity contribution in [3.63, 3.8) is 0 Å². The van der Waals surface area contributed by atoms with Crippen LogP contribution in [0.2, 0.25) is 0 Å². The third-order valence-corrected chi connectivity index (χ3v) is 5.10. The molecule has 0 radical (unpaired) electrons. The molecule has 1 unspecified atom stereocenters. The molecule has 0 saturated heterocycles. The molecular weight excluding hydrogens is 294 g/mol. The summed E-state index contributed by atoms with van der Waals surface area (Å²) in [7, 11) is 3.27. The molecule has 3 rings (SSSR count). The van der Waals surface area contributed by atoms with E-state index >= 15 is 0 Å². The van der Waals surface area contributed by atoms with Crippen LogP contribution in [0.25, 0.3) is 10.9 Å². The number of nitrogens with zero attached hydrogens (tertiary/aromatic N) is 1. The minimum Gasteiger partial charge on any atom is -0.497 e. The summed E-state index contributed by atoms with van der Waals surface area (Å²) in [5, 5.41) is 2.97. The summed E-state index contributed by atoms with van der Waals surface area (Å²) in [5.74, 6) is 1.47. The molecule has 1 aromatic heterocycles. The molecule has 3 nitrogen and oxygen atoms in total. The van der Waals surface area contributed by atoms with Crippen LogP contribution in [0.15, 0.2) is 35.9 Å². The molecule has 1 aliphatic rings. The van der Waals surface area contributed by atoms with E-state index in [1.807, 2.05) is 29.8 Å². The molecule has 0 N–H and O–H groups in total. The number of hydrogen-bond acceptors (Lipinski definition) is 4. The van der Waals surface area contributed by atoms with Crippen LogP contribution in [-0.4, -0.2) is 19.2 Å². The summed E-state index contributed by atoms with van der Waals surface area (Å²) in [6.07, 6.45) is 4.70. The number of pyridine rings is 1. The molecule has 1 aromatic carbocycles. The van der Waals surface area contributed by atoms with Crippen LogP contribution in [0.4, 0.5) is 0 Å². The van der Waals surface area contributed by atoms with Crippen LogP contribution in [0.5, 0.6) is 11.5 Å². The van der Waals surface area contributed by atoms with Crippen molar-refractivity contribution in [2.24, 2.45) is 0 Å². The maximum absolute atomic E-state index is 6.65. The van der Waals surface area contributed by atoms with Crippen LogP contribution in [0.3, 0.4) is 0 Å². The lowest BCUT2D eigenvalue weighted by molar-refractivity contribution is 0.398. The smallest absolute Gasteiger partial charge is 0.131 e. The topological polar surface area (TPSA) is 31.4 Å². The van der Waals surface area contributed by atoms with Gasteiger partial charge in [0, 0.05) is 29.3 Å². The van der Waals surface area contributed by atoms with Gasteiger partial charge in [0.15, 0.2) is 0 Å². The molecule has 0 bridgehead atoms. The number of allylic oxidation sites excluding steroid dienone is 1. The Bertz CT molecular complexity index is 679. The zero-order chi connectivity index (χ0) is 14.2. The highest BCUT2D eigenvalue weighted by atomic mass is 35.5. The number of thioether (sulfide) groups is 1. The quantitative estimate of drug-likeness (QED) is 0.791. The fraction of sp³-hybridized carbons (Fsp3) is 0.267. The minimum absolute atomic E-state index is 0.452. The number of halogens is 1. The van der Waals surface area contributed by atoms with Crippen LogP contribution < -0.4 is 9.47 Å². The number of alkyl halides is 1. The lowest BCUT2D eigenvalue weighted by Crippen LogP contribution is -2.09. The van der Waals surface area contributed by atoms with Gasteiger partial charge in [0.2, 0.25) is 0 Å². The Balaban J connectivity index is 2.15. The fourth-order valence-electron chi connectivity index (χ4n) is 2.25.